The summed E-state index contributed by atoms with van der Waals surface area (Å²) in [5.74, 6) is 1.63. The van der Waals surface area contributed by atoms with Crippen LogP contribution in [0.3, 0.4) is 0 Å². The molecule has 1 aliphatic rings. The Morgan fingerprint density at radius 2 is 1.29 bits per heavy atom. The second kappa shape index (κ2) is 4.91. The van der Waals surface area contributed by atoms with Gasteiger partial charge in [0.25, 0.3) is 0 Å². The van der Waals surface area contributed by atoms with Gasteiger partial charge in [-0.1, -0.05) is 54.9 Å². The highest BCUT2D eigenvalue weighted by molar-refractivity contribution is 4.92. The van der Waals surface area contributed by atoms with Crippen molar-refractivity contribution in [2.24, 2.45) is 28.6 Å². The van der Waals surface area contributed by atoms with Crippen molar-refractivity contribution in [3.8, 4) is 0 Å². The van der Waals surface area contributed by atoms with Crippen LogP contribution in [-0.4, -0.2) is 11.2 Å². The molecule has 0 bridgehead atoms. The smallest absolute Gasteiger partial charge is 0.0606 e. The van der Waals surface area contributed by atoms with Gasteiger partial charge in [0, 0.05) is 0 Å². The van der Waals surface area contributed by atoms with Crippen LogP contribution < -0.4 is 0 Å². The Kier molecular flexibility index (Phi) is 4.34. The molecule has 1 aliphatic carbocycles. The summed E-state index contributed by atoms with van der Waals surface area (Å²) in [7, 11) is 0. The fourth-order valence-electron chi connectivity index (χ4n) is 3.42. The van der Waals surface area contributed by atoms with Crippen LogP contribution in [0, 0.1) is 28.6 Å². The van der Waals surface area contributed by atoms with Crippen molar-refractivity contribution in [1.82, 2.24) is 0 Å². The normalized spacial score (nSPS) is 36.7. The van der Waals surface area contributed by atoms with Crippen LogP contribution in [0.15, 0.2) is 0 Å². The molecule has 0 aromatic rings. The van der Waals surface area contributed by atoms with E-state index < -0.39 is 0 Å². The molecule has 0 heterocycles. The van der Waals surface area contributed by atoms with E-state index in [1.165, 1.54) is 19.3 Å². The minimum atomic E-state index is -0.139. The first-order chi connectivity index (χ1) is 7.53. The van der Waals surface area contributed by atoms with Crippen LogP contribution in [0.4, 0.5) is 0 Å². The van der Waals surface area contributed by atoms with E-state index >= 15 is 0 Å². The van der Waals surface area contributed by atoms with Gasteiger partial charge in [0.2, 0.25) is 0 Å². The molecule has 0 aliphatic heterocycles. The van der Waals surface area contributed by atoms with Gasteiger partial charge in [-0.3, -0.25) is 0 Å². The summed E-state index contributed by atoms with van der Waals surface area (Å²) >= 11 is 0. The van der Waals surface area contributed by atoms with Gasteiger partial charge in [-0.25, -0.2) is 0 Å². The molecular weight excluding hydrogens is 208 g/mol. The highest BCUT2D eigenvalue weighted by atomic mass is 16.3. The first kappa shape index (κ1) is 15.0. The Morgan fingerprint density at radius 3 is 1.71 bits per heavy atom. The van der Waals surface area contributed by atoms with E-state index in [-0.39, 0.29) is 16.9 Å². The van der Waals surface area contributed by atoms with Crippen molar-refractivity contribution in [2.45, 2.75) is 73.8 Å². The van der Waals surface area contributed by atoms with Crippen molar-refractivity contribution in [2.75, 3.05) is 0 Å². The maximum absolute atomic E-state index is 10.8. The molecule has 1 heteroatoms. The van der Waals surface area contributed by atoms with Gasteiger partial charge >= 0.3 is 0 Å². The van der Waals surface area contributed by atoms with Crippen LogP contribution in [0.1, 0.15) is 67.7 Å². The Balaban J connectivity index is 2.97. The van der Waals surface area contributed by atoms with Crippen molar-refractivity contribution >= 4 is 0 Å². The summed E-state index contributed by atoms with van der Waals surface area (Å²) in [5.41, 5.74) is 0.425. The number of aliphatic hydroxyl groups is 1. The molecule has 1 fully saturated rings. The van der Waals surface area contributed by atoms with Gasteiger partial charge in [0.15, 0.2) is 0 Å². The highest BCUT2D eigenvalue weighted by Crippen LogP contribution is 2.46. The van der Waals surface area contributed by atoms with Crippen LogP contribution in [0.25, 0.3) is 0 Å². The minimum Gasteiger partial charge on any atom is -0.393 e. The Labute approximate surface area is 108 Å². The minimum absolute atomic E-state index is 0.139. The molecule has 0 radical (unpaired) electrons. The van der Waals surface area contributed by atoms with E-state index in [4.69, 9.17) is 0 Å². The maximum atomic E-state index is 10.8. The molecule has 1 nitrogen and oxygen atoms in total. The molecule has 1 rings (SSSR count). The van der Waals surface area contributed by atoms with Gasteiger partial charge in [-0.05, 0) is 41.4 Å². The van der Waals surface area contributed by atoms with Gasteiger partial charge in [-0.15, -0.1) is 0 Å². The van der Waals surface area contributed by atoms with Gasteiger partial charge in [-0.2, -0.15) is 0 Å². The lowest BCUT2D eigenvalue weighted by Gasteiger charge is -2.41. The third-order valence-electron chi connectivity index (χ3n) is 4.68. The molecule has 0 amide bonds. The largest absolute Gasteiger partial charge is 0.393 e. The van der Waals surface area contributed by atoms with E-state index in [0.717, 1.165) is 5.92 Å². The Hall–Kier alpha value is -0.0400. The zero-order chi connectivity index (χ0) is 13.4. The number of rotatable bonds is 0. The first-order valence-corrected chi connectivity index (χ1v) is 7.21. The van der Waals surface area contributed by atoms with E-state index in [1.807, 2.05) is 0 Å². The summed E-state index contributed by atoms with van der Waals surface area (Å²) < 4.78 is 0. The van der Waals surface area contributed by atoms with Gasteiger partial charge in [0.05, 0.1) is 6.10 Å². The fraction of sp³-hybridized carbons (Fsp3) is 1.00. The summed E-state index contributed by atoms with van der Waals surface area (Å²) in [6.45, 7) is 16.0. The Morgan fingerprint density at radius 1 is 0.824 bits per heavy atom. The van der Waals surface area contributed by atoms with Crippen molar-refractivity contribution in [3.05, 3.63) is 0 Å². The van der Waals surface area contributed by atoms with Crippen LogP contribution in [0.2, 0.25) is 0 Å². The van der Waals surface area contributed by atoms with E-state index in [2.05, 4.69) is 48.5 Å². The fourth-order valence-corrected chi connectivity index (χ4v) is 3.42. The maximum Gasteiger partial charge on any atom is 0.0606 e. The zero-order valence-electron chi connectivity index (χ0n) is 12.9. The molecule has 1 saturated carbocycles. The Bertz CT molecular complexity index is 243. The zero-order valence-corrected chi connectivity index (χ0v) is 12.9. The van der Waals surface area contributed by atoms with Crippen molar-refractivity contribution < 1.29 is 5.11 Å². The molecular formula is C16H32O. The lowest BCUT2D eigenvalue weighted by molar-refractivity contribution is -0.0353. The van der Waals surface area contributed by atoms with E-state index in [0.29, 0.717) is 11.8 Å². The molecule has 102 valence electrons. The van der Waals surface area contributed by atoms with E-state index in [9.17, 15) is 5.11 Å². The van der Waals surface area contributed by atoms with E-state index in [1.54, 1.807) is 0 Å². The summed E-state index contributed by atoms with van der Waals surface area (Å²) in [5, 5.41) is 10.8. The highest BCUT2D eigenvalue weighted by Gasteiger charge is 2.42. The molecule has 1 N–H and O–H groups in total. The molecule has 0 saturated heterocycles. The number of hydrogen-bond donors (Lipinski definition) is 1. The average Bonchev–Trinajstić information content (AvgIpc) is 2.23. The SMILES string of the molecule is CC1CCC(C(C)(C)C)C(O)C(C(C)(C)C)C1. The summed E-state index contributed by atoms with van der Waals surface area (Å²) in [6.07, 6.45) is 3.49. The summed E-state index contributed by atoms with van der Waals surface area (Å²) in [4.78, 5) is 0. The lowest BCUT2D eigenvalue weighted by Crippen LogP contribution is -2.41. The van der Waals surface area contributed by atoms with Crippen molar-refractivity contribution in [1.29, 1.82) is 0 Å². The van der Waals surface area contributed by atoms with Crippen LogP contribution >= 0.6 is 0 Å². The van der Waals surface area contributed by atoms with Gasteiger partial charge < -0.3 is 5.11 Å². The quantitative estimate of drug-likeness (QED) is 0.618. The summed E-state index contributed by atoms with van der Waals surface area (Å²) in [6, 6.07) is 0. The average molecular weight is 240 g/mol. The number of aliphatic hydroxyl groups excluding tert-OH is 1. The predicted molar refractivity (Wildman–Crippen MR) is 74.9 cm³/mol. The molecule has 4 atom stereocenters. The topological polar surface area (TPSA) is 20.2 Å². The van der Waals surface area contributed by atoms with Crippen molar-refractivity contribution in [3.63, 3.8) is 0 Å². The first-order valence-electron chi connectivity index (χ1n) is 7.21. The molecule has 4 unspecified atom stereocenters. The van der Waals surface area contributed by atoms with Crippen LogP contribution in [0.5, 0.6) is 0 Å². The molecule has 0 aromatic carbocycles. The lowest BCUT2D eigenvalue weighted by atomic mass is 9.67. The molecule has 17 heavy (non-hydrogen) atoms. The molecule has 0 aromatic heterocycles. The molecule has 0 spiro atoms. The standard InChI is InChI=1S/C16H32O/c1-11-8-9-12(15(2,3)4)14(17)13(10-11)16(5,6)7/h11-14,17H,8-10H2,1-7H3. The van der Waals surface area contributed by atoms with Crippen LogP contribution in [-0.2, 0) is 0 Å². The third kappa shape index (κ3) is 3.71. The predicted octanol–water partition coefficient (Wildman–Crippen LogP) is 4.49. The number of hydrogen-bond acceptors (Lipinski definition) is 1. The second-order valence-corrected chi connectivity index (χ2v) is 8.35. The monoisotopic (exact) mass is 240 g/mol. The second-order valence-electron chi connectivity index (χ2n) is 8.35. The van der Waals surface area contributed by atoms with Gasteiger partial charge in [0.1, 0.15) is 0 Å². The third-order valence-corrected chi connectivity index (χ3v) is 4.68.